The van der Waals surface area contributed by atoms with Crippen molar-refractivity contribution in [2.24, 2.45) is 5.92 Å². The van der Waals surface area contributed by atoms with E-state index in [1.165, 1.54) is 0 Å². The summed E-state index contributed by atoms with van der Waals surface area (Å²) in [5.74, 6) is 1.15. The van der Waals surface area contributed by atoms with Crippen molar-refractivity contribution in [2.75, 3.05) is 20.3 Å². The molecule has 2 amide bonds. The first-order chi connectivity index (χ1) is 14.8. The summed E-state index contributed by atoms with van der Waals surface area (Å²) in [7, 11) is 1.59. The topological polar surface area (TPSA) is 67.9 Å². The standard InChI is InChI=1S/C24H31ClN2O4/c1-5-22(24(29)26-14-17(2)3)27(15-18-6-8-19(25)9-7-18)23(28)16-31-21-12-10-20(30-4)11-13-21/h6-13,17,22H,5,14-16H2,1-4H3,(H,26,29)/t22-/m1/s1. The SMILES string of the molecule is CC[C@H](C(=O)NCC(C)C)N(Cc1ccc(Cl)cc1)C(=O)COc1ccc(OC)cc1. The van der Waals surface area contributed by atoms with Gasteiger partial charge in [0.15, 0.2) is 6.61 Å². The van der Waals surface area contributed by atoms with Crippen LogP contribution in [0.25, 0.3) is 0 Å². The van der Waals surface area contributed by atoms with Gasteiger partial charge in [-0.2, -0.15) is 0 Å². The predicted octanol–water partition coefficient (Wildman–Crippen LogP) is 4.31. The number of nitrogens with one attached hydrogen (secondary N) is 1. The van der Waals surface area contributed by atoms with Crippen molar-refractivity contribution >= 4 is 23.4 Å². The van der Waals surface area contributed by atoms with E-state index in [4.69, 9.17) is 21.1 Å². The van der Waals surface area contributed by atoms with Crippen molar-refractivity contribution in [1.82, 2.24) is 10.2 Å². The lowest BCUT2D eigenvalue weighted by atomic mass is 10.1. The average molecular weight is 447 g/mol. The summed E-state index contributed by atoms with van der Waals surface area (Å²) in [4.78, 5) is 27.5. The largest absolute Gasteiger partial charge is 0.497 e. The first-order valence-corrected chi connectivity index (χ1v) is 10.8. The maximum absolute atomic E-state index is 13.1. The summed E-state index contributed by atoms with van der Waals surface area (Å²) in [6.07, 6.45) is 0.492. The summed E-state index contributed by atoms with van der Waals surface area (Å²) >= 11 is 5.99. The molecule has 168 valence electrons. The molecule has 0 spiro atoms. The lowest BCUT2D eigenvalue weighted by Gasteiger charge is -2.30. The summed E-state index contributed by atoms with van der Waals surface area (Å²) in [6, 6.07) is 13.7. The third-order valence-corrected chi connectivity index (χ3v) is 5.01. The molecular weight excluding hydrogens is 416 g/mol. The van der Waals surface area contributed by atoms with Gasteiger partial charge in [0, 0.05) is 18.1 Å². The van der Waals surface area contributed by atoms with E-state index >= 15 is 0 Å². The van der Waals surface area contributed by atoms with Gasteiger partial charge in [0.05, 0.1) is 7.11 Å². The lowest BCUT2D eigenvalue weighted by molar-refractivity contribution is -0.143. The Morgan fingerprint density at radius 2 is 1.65 bits per heavy atom. The van der Waals surface area contributed by atoms with Gasteiger partial charge in [0.1, 0.15) is 17.5 Å². The molecule has 6 nitrogen and oxygen atoms in total. The maximum atomic E-state index is 13.1. The van der Waals surface area contributed by atoms with Crippen LogP contribution < -0.4 is 14.8 Å². The zero-order valence-corrected chi connectivity index (χ0v) is 19.3. The molecule has 0 aliphatic heterocycles. The molecule has 0 saturated carbocycles. The van der Waals surface area contributed by atoms with Gasteiger partial charge in [0.25, 0.3) is 5.91 Å². The Labute approximate surface area is 189 Å². The Morgan fingerprint density at radius 3 is 2.19 bits per heavy atom. The maximum Gasteiger partial charge on any atom is 0.261 e. The van der Waals surface area contributed by atoms with Crippen LogP contribution in [-0.2, 0) is 16.1 Å². The molecule has 2 aromatic rings. The highest BCUT2D eigenvalue weighted by atomic mass is 35.5. The molecule has 1 N–H and O–H groups in total. The average Bonchev–Trinajstić information content (AvgIpc) is 2.77. The number of hydrogen-bond donors (Lipinski definition) is 1. The van der Waals surface area contributed by atoms with Crippen molar-refractivity contribution in [3.05, 3.63) is 59.1 Å². The number of benzene rings is 2. The molecular formula is C24H31ClN2O4. The van der Waals surface area contributed by atoms with Crippen molar-refractivity contribution in [3.63, 3.8) is 0 Å². The Bertz CT molecular complexity index is 838. The zero-order chi connectivity index (χ0) is 22.8. The molecule has 0 aromatic heterocycles. The van der Waals surface area contributed by atoms with Gasteiger partial charge in [-0.25, -0.2) is 0 Å². The van der Waals surface area contributed by atoms with Crippen LogP contribution >= 0.6 is 11.6 Å². The normalized spacial score (nSPS) is 11.7. The second-order valence-corrected chi connectivity index (χ2v) is 8.11. The van der Waals surface area contributed by atoms with Crippen LogP contribution in [-0.4, -0.2) is 43.0 Å². The molecule has 0 aliphatic rings. The number of ether oxygens (including phenoxy) is 2. The van der Waals surface area contributed by atoms with E-state index in [-0.39, 0.29) is 25.0 Å². The summed E-state index contributed by atoms with van der Waals surface area (Å²) in [5, 5.41) is 3.56. The van der Waals surface area contributed by atoms with E-state index in [0.717, 1.165) is 5.56 Å². The molecule has 7 heteroatoms. The second-order valence-electron chi connectivity index (χ2n) is 7.68. The van der Waals surface area contributed by atoms with Crippen LogP contribution in [0.2, 0.25) is 5.02 Å². The summed E-state index contributed by atoms with van der Waals surface area (Å²) in [6.45, 7) is 6.62. The predicted molar refractivity (Wildman–Crippen MR) is 122 cm³/mol. The third kappa shape index (κ3) is 7.79. The number of halogens is 1. The fourth-order valence-electron chi connectivity index (χ4n) is 3.03. The molecule has 2 aromatic carbocycles. The van der Waals surface area contributed by atoms with E-state index in [2.05, 4.69) is 5.32 Å². The second kappa shape index (κ2) is 12.2. The van der Waals surface area contributed by atoms with Crippen LogP contribution in [0.15, 0.2) is 48.5 Å². The fourth-order valence-corrected chi connectivity index (χ4v) is 3.15. The highest BCUT2D eigenvalue weighted by Gasteiger charge is 2.29. The number of nitrogens with zero attached hydrogens (tertiary/aromatic N) is 1. The van der Waals surface area contributed by atoms with E-state index in [1.54, 1.807) is 48.4 Å². The molecule has 0 aliphatic carbocycles. The number of carbonyl (C=O) groups is 2. The van der Waals surface area contributed by atoms with E-state index in [1.807, 2.05) is 32.9 Å². The Hall–Kier alpha value is -2.73. The van der Waals surface area contributed by atoms with Crippen LogP contribution in [0.3, 0.4) is 0 Å². The number of amides is 2. The molecule has 0 saturated heterocycles. The lowest BCUT2D eigenvalue weighted by Crippen LogP contribution is -2.50. The Kier molecular flexibility index (Phi) is 9.66. The molecule has 0 unspecified atom stereocenters. The quantitative estimate of drug-likeness (QED) is 0.558. The molecule has 0 radical (unpaired) electrons. The molecule has 31 heavy (non-hydrogen) atoms. The monoisotopic (exact) mass is 446 g/mol. The number of rotatable bonds is 11. The first-order valence-electron chi connectivity index (χ1n) is 10.4. The van der Waals surface area contributed by atoms with Crippen LogP contribution in [0, 0.1) is 5.92 Å². The van der Waals surface area contributed by atoms with Crippen molar-refractivity contribution in [1.29, 1.82) is 0 Å². The van der Waals surface area contributed by atoms with Gasteiger partial charge in [-0.3, -0.25) is 9.59 Å². The van der Waals surface area contributed by atoms with E-state index in [0.29, 0.717) is 35.4 Å². The highest BCUT2D eigenvalue weighted by Crippen LogP contribution is 2.19. The molecule has 0 fully saturated rings. The Balaban J connectivity index is 2.16. The van der Waals surface area contributed by atoms with Crippen molar-refractivity contribution in [3.8, 4) is 11.5 Å². The van der Waals surface area contributed by atoms with Crippen molar-refractivity contribution < 1.29 is 19.1 Å². The highest BCUT2D eigenvalue weighted by molar-refractivity contribution is 6.30. The number of carbonyl (C=O) groups excluding carboxylic acids is 2. The summed E-state index contributed by atoms with van der Waals surface area (Å²) in [5.41, 5.74) is 0.886. The van der Waals surface area contributed by atoms with Gasteiger partial charge >= 0.3 is 0 Å². The van der Waals surface area contributed by atoms with Crippen molar-refractivity contribution in [2.45, 2.75) is 39.8 Å². The number of hydrogen-bond acceptors (Lipinski definition) is 4. The minimum Gasteiger partial charge on any atom is -0.497 e. The van der Waals surface area contributed by atoms with Crippen LogP contribution in [0.1, 0.15) is 32.8 Å². The van der Waals surface area contributed by atoms with E-state index in [9.17, 15) is 9.59 Å². The molecule has 0 heterocycles. The fraction of sp³-hybridized carbons (Fsp3) is 0.417. The number of methoxy groups -OCH3 is 1. The Morgan fingerprint density at radius 1 is 1.03 bits per heavy atom. The summed E-state index contributed by atoms with van der Waals surface area (Å²) < 4.78 is 10.8. The van der Waals surface area contributed by atoms with Crippen LogP contribution in [0.4, 0.5) is 0 Å². The van der Waals surface area contributed by atoms with Gasteiger partial charge in [-0.1, -0.05) is 44.5 Å². The zero-order valence-electron chi connectivity index (χ0n) is 18.6. The van der Waals surface area contributed by atoms with Gasteiger partial charge in [-0.05, 0) is 54.3 Å². The third-order valence-electron chi connectivity index (χ3n) is 4.76. The first kappa shape index (κ1) is 24.5. The smallest absolute Gasteiger partial charge is 0.261 e. The minimum atomic E-state index is -0.596. The van der Waals surface area contributed by atoms with Gasteiger partial charge < -0.3 is 19.7 Å². The molecule has 0 bridgehead atoms. The minimum absolute atomic E-state index is 0.164. The van der Waals surface area contributed by atoms with Gasteiger partial charge in [0.2, 0.25) is 5.91 Å². The van der Waals surface area contributed by atoms with E-state index < -0.39 is 6.04 Å². The van der Waals surface area contributed by atoms with Gasteiger partial charge in [-0.15, -0.1) is 0 Å². The molecule has 2 rings (SSSR count). The van der Waals surface area contributed by atoms with Crippen LogP contribution in [0.5, 0.6) is 11.5 Å². The molecule has 1 atom stereocenters.